The highest BCUT2D eigenvalue weighted by Crippen LogP contribution is 2.38. The van der Waals surface area contributed by atoms with Crippen molar-refractivity contribution in [2.45, 2.75) is 32.4 Å². The van der Waals surface area contributed by atoms with Gasteiger partial charge in [-0.15, -0.1) is 0 Å². The third-order valence-corrected chi connectivity index (χ3v) is 4.29. The second-order valence-electron chi connectivity index (χ2n) is 5.84. The Morgan fingerprint density at radius 3 is 3.00 bits per heavy atom. The van der Waals surface area contributed by atoms with E-state index in [1.807, 2.05) is 6.08 Å². The summed E-state index contributed by atoms with van der Waals surface area (Å²) in [7, 11) is 0. The predicted molar refractivity (Wildman–Crippen MR) is 90.3 cm³/mol. The monoisotopic (exact) mass is 294 g/mol. The zero-order valence-corrected chi connectivity index (χ0v) is 13.0. The minimum absolute atomic E-state index is 0.0628. The van der Waals surface area contributed by atoms with E-state index in [2.05, 4.69) is 54.7 Å². The first-order valence-electron chi connectivity index (χ1n) is 7.74. The molecule has 2 atom stereocenters. The number of benzene rings is 1. The quantitative estimate of drug-likeness (QED) is 0.835. The van der Waals surface area contributed by atoms with Crippen molar-refractivity contribution < 1.29 is 4.74 Å². The molecule has 0 fully saturated rings. The fourth-order valence-electron chi connectivity index (χ4n) is 3.18. The van der Waals surface area contributed by atoms with Crippen molar-refractivity contribution in [3.05, 3.63) is 72.3 Å². The summed E-state index contributed by atoms with van der Waals surface area (Å²) in [6, 6.07) is 8.45. The van der Waals surface area contributed by atoms with E-state index in [9.17, 15) is 0 Å². The minimum atomic E-state index is -0.0628. The Balaban J connectivity index is 1.73. The zero-order chi connectivity index (χ0) is 15.5. The van der Waals surface area contributed by atoms with Gasteiger partial charge in [-0.25, -0.2) is 0 Å². The molecule has 1 aromatic rings. The van der Waals surface area contributed by atoms with E-state index in [4.69, 9.17) is 4.74 Å². The largest absolute Gasteiger partial charge is 0.469 e. The summed E-state index contributed by atoms with van der Waals surface area (Å²) in [6.07, 6.45) is 6.29. The van der Waals surface area contributed by atoms with Crippen molar-refractivity contribution in [3.63, 3.8) is 0 Å². The van der Waals surface area contributed by atoms with Crippen LogP contribution in [0.5, 0.6) is 0 Å². The molecular weight excluding hydrogens is 272 g/mol. The lowest BCUT2D eigenvalue weighted by molar-refractivity contribution is 0.120. The molecule has 0 saturated carbocycles. The maximum atomic E-state index is 6.16. The van der Waals surface area contributed by atoms with Gasteiger partial charge in [0.05, 0.1) is 5.70 Å². The minimum Gasteiger partial charge on any atom is -0.469 e. The van der Waals surface area contributed by atoms with Crippen LogP contribution in [0.4, 0.5) is 0 Å². The highest BCUT2D eigenvalue weighted by molar-refractivity contribution is 5.97. The van der Waals surface area contributed by atoms with E-state index in [1.165, 1.54) is 16.8 Å². The van der Waals surface area contributed by atoms with Crippen LogP contribution in [-0.2, 0) is 4.74 Å². The summed E-state index contributed by atoms with van der Waals surface area (Å²) < 4.78 is 6.16. The second kappa shape index (κ2) is 6.22. The summed E-state index contributed by atoms with van der Waals surface area (Å²) in [5, 5.41) is 3.52. The molecule has 3 rings (SSSR count). The second-order valence-corrected chi connectivity index (χ2v) is 5.84. The van der Waals surface area contributed by atoms with Crippen LogP contribution in [0.1, 0.15) is 36.6 Å². The van der Waals surface area contributed by atoms with E-state index in [0.29, 0.717) is 5.92 Å². The van der Waals surface area contributed by atoms with Crippen molar-refractivity contribution in [2.75, 3.05) is 0 Å². The van der Waals surface area contributed by atoms with Crippen LogP contribution in [0, 0.1) is 12.8 Å². The SMILES string of the molecule is C=CN=C(C=C)C1CCC2=C(C1)OC(c1cccc(C)c1)N2. The first-order valence-corrected chi connectivity index (χ1v) is 7.74. The molecule has 3 nitrogen and oxygen atoms in total. The van der Waals surface area contributed by atoms with Gasteiger partial charge >= 0.3 is 0 Å². The average Bonchev–Trinajstić information content (AvgIpc) is 2.95. The number of nitrogens with one attached hydrogen (secondary N) is 1. The molecule has 0 amide bonds. The smallest absolute Gasteiger partial charge is 0.195 e. The van der Waals surface area contributed by atoms with Crippen LogP contribution >= 0.6 is 0 Å². The Bertz CT molecular complexity index is 657. The van der Waals surface area contributed by atoms with E-state index in [-0.39, 0.29) is 6.23 Å². The first-order chi connectivity index (χ1) is 10.7. The zero-order valence-electron chi connectivity index (χ0n) is 13.0. The van der Waals surface area contributed by atoms with E-state index in [0.717, 1.165) is 30.7 Å². The number of hydrogen-bond donors (Lipinski definition) is 1. The molecule has 0 bridgehead atoms. The van der Waals surface area contributed by atoms with Crippen LogP contribution in [0.3, 0.4) is 0 Å². The number of rotatable bonds is 4. The summed E-state index contributed by atoms with van der Waals surface area (Å²) in [5.41, 5.74) is 4.67. The third kappa shape index (κ3) is 2.84. The van der Waals surface area contributed by atoms with Crippen LogP contribution in [-0.4, -0.2) is 5.71 Å². The summed E-state index contributed by atoms with van der Waals surface area (Å²) in [4.78, 5) is 4.33. The number of ether oxygens (including phenoxy) is 1. The van der Waals surface area contributed by atoms with Crippen LogP contribution in [0.15, 0.2) is 66.1 Å². The van der Waals surface area contributed by atoms with Gasteiger partial charge in [-0.1, -0.05) is 43.0 Å². The fraction of sp³-hybridized carbons (Fsp3) is 0.316. The van der Waals surface area contributed by atoms with Crippen LogP contribution < -0.4 is 5.32 Å². The Hall–Kier alpha value is -2.29. The molecule has 0 saturated heterocycles. The van der Waals surface area contributed by atoms with Gasteiger partial charge in [0, 0.05) is 29.8 Å². The standard InChI is InChI=1S/C19H22N2O/c1-4-16(20-5-2)14-9-10-17-18(12-14)22-19(21-17)15-8-6-7-13(3)11-15/h4-8,11,14,19,21H,1-2,9-10,12H2,3H3. The molecule has 0 spiro atoms. The van der Waals surface area contributed by atoms with Gasteiger partial charge in [-0.05, 0) is 25.8 Å². The lowest BCUT2D eigenvalue weighted by Gasteiger charge is -2.22. The Morgan fingerprint density at radius 2 is 2.27 bits per heavy atom. The number of allylic oxidation sites excluding steroid dienone is 3. The first kappa shape index (κ1) is 14.6. The third-order valence-electron chi connectivity index (χ3n) is 4.29. The Kier molecular flexibility index (Phi) is 4.14. The van der Waals surface area contributed by atoms with Gasteiger partial charge in [-0.3, -0.25) is 4.99 Å². The molecule has 1 aromatic carbocycles. The molecule has 114 valence electrons. The summed E-state index contributed by atoms with van der Waals surface area (Å²) >= 11 is 0. The maximum Gasteiger partial charge on any atom is 0.195 e. The van der Waals surface area contributed by atoms with Crippen molar-refractivity contribution in [1.82, 2.24) is 5.32 Å². The molecular formula is C19H22N2O. The number of aryl methyl sites for hydroxylation is 1. The fourth-order valence-corrected chi connectivity index (χ4v) is 3.18. The summed E-state index contributed by atoms with van der Waals surface area (Å²) in [6.45, 7) is 9.64. The van der Waals surface area contributed by atoms with Crippen LogP contribution in [0.2, 0.25) is 0 Å². The molecule has 22 heavy (non-hydrogen) atoms. The van der Waals surface area contributed by atoms with Crippen molar-refractivity contribution >= 4 is 5.71 Å². The molecule has 1 N–H and O–H groups in total. The highest BCUT2D eigenvalue weighted by atomic mass is 16.5. The van der Waals surface area contributed by atoms with Gasteiger partial charge in [-0.2, -0.15) is 0 Å². The van der Waals surface area contributed by atoms with E-state index >= 15 is 0 Å². The molecule has 3 heteroatoms. The molecule has 2 unspecified atom stereocenters. The van der Waals surface area contributed by atoms with Gasteiger partial charge in [0.2, 0.25) is 0 Å². The van der Waals surface area contributed by atoms with E-state index in [1.54, 1.807) is 6.20 Å². The van der Waals surface area contributed by atoms with Crippen molar-refractivity contribution in [1.29, 1.82) is 0 Å². The van der Waals surface area contributed by atoms with E-state index < -0.39 is 0 Å². The van der Waals surface area contributed by atoms with Gasteiger partial charge in [0.15, 0.2) is 6.23 Å². The van der Waals surface area contributed by atoms with Gasteiger partial charge in [0.1, 0.15) is 5.76 Å². The molecule has 1 heterocycles. The van der Waals surface area contributed by atoms with Gasteiger partial charge in [0.25, 0.3) is 0 Å². The molecule has 1 aliphatic heterocycles. The summed E-state index contributed by atoms with van der Waals surface area (Å²) in [5.74, 6) is 1.44. The number of aliphatic imine (C=N–C) groups is 1. The molecule has 0 aromatic heterocycles. The number of hydrogen-bond acceptors (Lipinski definition) is 3. The molecule has 2 aliphatic rings. The Morgan fingerprint density at radius 1 is 1.41 bits per heavy atom. The average molecular weight is 294 g/mol. The van der Waals surface area contributed by atoms with Gasteiger partial charge < -0.3 is 10.1 Å². The lowest BCUT2D eigenvalue weighted by atomic mass is 9.87. The Labute approximate surface area is 132 Å². The van der Waals surface area contributed by atoms with Crippen molar-refractivity contribution in [2.24, 2.45) is 10.9 Å². The normalized spacial score (nSPS) is 24.3. The molecule has 1 aliphatic carbocycles. The topological polar surface area (TPSA) is 33.6 Å². The lowest BCUT2D eigenvalue weighted by Crippen LogP contribution is -2.20. The highest BCUT2D eigenvalue weighted by Gasteiger charge is 2.32. The van der Waals surface area contributed by atoms with Crippen LogP contribution in [0.25, 0.3) is 0 Å². The van der Waals surface area contributed by atoms with Crippen molar-refractivity contribution in [3.8, 4) is 0 Å². The maximum absolute atomic E-state index is 6.16. The molecule has 0 radical (unpaired) electrons. The number of nitrogens with zero attached hydrogens (tertiary/aromatic N) is 1. The predicted octanol–water partition coefficient (Wildman–Crippen LogP) is 4.40.